The standard InChI is InChI=1S/C18H23Cl5O2/c1-2-3-4-5-6-7-8-9-10-11(18(24)25)12-13(19)15(21)17(23)16(22)14(12)20/h11H,2-10H2,1H3,(H,24,25)/p-1. The molecule has 1 unspecified atom stereocenters. The van der Waals surface area contributed by atoms with Crippen molar-refractivity contribution < 1.29 is 9.90 Å². The third kappa shape index (κ3) is 6.66. The first kappa shape index (κ1) is 23.2. The smallest absolute Gasteiger partial charge is 0.0809 e. The van der Waals surface area contributed by atoms with Crippen LogP contribution in [0.25, 0.3) is 0 Å². The predicted octanol–water partition coefficient (Wildman–Crippen LogP) is 7.32. The summed E-state index contributed by atoms with van der Waals surface area (Å²) >= 11 is 30.4. The van der Waals surface area contributed by atoms with Gasteiger partial charge < -0.3 is 9.90 Å². The monoisotopic (exact) mass is 445 g/mol. The molecule has 1 aromatic carbocycles. The van der Waals surface area contributed by atoms with Gasteiger partial charge in [0.2, 0.25) is 0 Å². The van der Waals surface area contributed by atoms with E-state index in [1.807, 2.05) is 0 Å². The predicted molar refractivity (Wildman–Crippen MR) is 106 cm³/mol. The molecular weight excluding hydrogens is 425 g/mol. The molecule has 7 heteroatoms. The summed E-state index contributed by atoms with van der Waals surface area (Å²) in [6, 6.07) is 0. The fraction of sp³-hybridized carbons (Fsp3) is 0.611. The maximum atomic E-state index is 11.6. The first-order valence-electron chi connectivity index (χ1n) is 8.55. The molecule has 0 fully saturated rings. The summed E-state index contributed by atoms with van der Waals surface area (Å²) in [6.45, 7) is 2.19. The molecule has 0 aliphatic heterocycles. The van der Waals surface area contributed by atoms with E-state index >= 15 is 0 Å². The summed E-state index contributed by atoms with van der Waals surface area (Å²) < 4.78 is 0. The molecule has 0 bridgehead atoms. The lowest BCUT2D eigenvalue weighted by Crippen LogP contribution is -2.30. The largest absolute Gasteiger partial charge is 0.549 e. The number of carboxylic acid groups (broad SMARTS) is 1. The minimum absolute atomic E-state index is 0.00917. The molecule has 0 radical (unpaired) electrons. The van der Waals surface area contributed by atoms with Crippen LogP contribution in [0.2, 0.25) is 25.1 Å². The number of rotatable bonds is 11. The lowest BCUT2D eigenvalue weighted by molar-refractivity contribution is -0.308. The molecule has 0 aliphatic carbocycles. The van der Waals surface area contributed by atoms with Crippen LogP contribution in [-0.2, 0) is 4.79 Å². The molecule has 1 atom stereocenters. The maximum Gasteiger partial charge on any atom is 0.0809 e. The molecule has 0 N–H and O–H groups in total. The number of carbonyl (C=O) groups is 1. The molecule has 0 spiro atoms. The summed E-state index contributed by atoms with van der Waals surface area (Å²) in [5.74, 6) is -2.21. The lowest BCUT2D eigenvalue weighted by atomic mass is 9.92. The third-order valence-electron chi connectivity index (χ3n) is 4.22. The maximum absolute atomic E-state index is 11.6. The quantitative estimate of drug-likeness (QED) is 0.203. The van der Waals surface area contributed by atoms with Crippen molar-refractivity contribution in [3.05, 3.63) is 30.7 Å². The van der Waals surface area contributed by atoms with E-state index in [0.717, 1.165) is 25.7 Å². The summed E-state index contributed by atoms with van der Waals surface area (Å²) in [7, 11) is 0. The van der Waals surface area contributed by atoms with Crippen LogP contribution in [-0.4, -0.2) is 5.97 Å². The van der Waals surface area contributed by atoms with Gasteiger partial charge in [-0.1, -0.05) is 116 Å². The first-order valence-corrected chi connectivity index (χ1v) is 10.4. The molecule has 0 aliphatic rings. The van der Waals surface area contributed by atoms with Gasteiger partial charge in [-0.25, -0.2) is 0 Å². The average Bonchev–Trinajstić information content (AvgIpc) is 2.58. The van der Waals surface area contributed by atoms with Crippen LogP contribution in [0.5, 0.6) is 0 Å². The molecule has 0 amide bonds. The number of carbonyl (C=O) groups excluding carboxylic acids is 1. The van der Waals surface area contributed by atoms with Crippen LogP contribution >= 0.6 is 58.0 Å². The van der Waals surface area contributed by atoms with Crippen molar-refractivity contribution in [1.29, 1.82) is 0 Å². The van der Waals surface area contributed by atoms with Gasteiger partial charge in [0.15, 0.2) is 0 Å². The Balaban J connectivity index is 2.72. The fourth-order valence-electron chi connectivity index (χ4n) is 2.79. The molecule has 142 valence electrons. The molecular formula is C18H22Cl5O2-. The number of hydrogen-bond acceptors (Lipinski definition) is 2. The van der Waals surface area contributed by atoms with E-state index < -0.39 is 11.9 Å². The molecule has 1 rings (SSSR count). The minimum Gasteiger partial charge on any atom is -0.549 e. The van der Waals surface area contributed by atoms with Crippen molar-refractivity contribution in [2.24, 2.45) is 0 Å². The number of halogens is 5. The molecule has 0 saturated heterocycles. The highest BCUT2D eigenvalue weighted by Crippen LogP contribution is 2.47. The van der Waals surface area contributed by atoms with Crippen LogP contribution in [0.15, 0.2) is 0 Å². The van der Waals surface area contributed by atoms with Crippen LogP contribution in [0, 0.1) is 0 Å². The topological polar surface area (TPSA) is 40.1 Å². The normalized spacial score (nSPS) is 12.4. The highest BCUT2D eigenvalue weighted by molar-refractivity contribution is 6.55. The summed E-state index contributed by atoms with van der Waals surface area (Å²) in [4.78, 5) is 11.6. The molecule has 0 saturated carbocycles. The van der Waals surface area contributed by atoms with Crippen molar-refractivity contribution in [3.8, 4) is 0 Å². The van der Waals surface area contributed by atoms with Gasteiger partial charge >= 0.3 is 0 Å². The SMILES string of the molecule is CCCCCCCCCCC(C(=O)[O-])c1c(Cl)c(Cl)c(Cl)c(Cl)c1Cl. The lowest BCUT2D eigenvalue weighted by Gasteiger charge is -2.23. The van der Waals surface area contributed by atoms with Crippen LogP contribution in [0.3, 0.4) is 0 Å². The van der Waals surface area contributed by atoms with E-state index in [-0.39, 0.29) is 30.7 Å². The minimum atomic E-state index is -1.25. The number of benzene rings is 1. The van der Waals surface area contributed by atoms with Crippen molar-refractivity contribution in [3.63, 3.8) is 0 Å². The van der Waals surface area contributed by atoms with E-state index in [1.165, 1.54) is 25.7 Å². The second-order valence-corrected chi connectivity index (χ2v) is 8.01. The molecule has 0 aromatic heterocycles. The Labute approximate surface area is 174 Å². The zero-order chi connectivity index (χ0) is 19.0. The van der Waals surface area contributed by atoms with Gasteiger partial charge in [-0.3, -0.25) is 0 Å². The van der Waals surface area contributed by atoms with Gasteiger partial charge in [0, 0.05) is 17.5 Å². The first-order chi connectivity index (χ1) is 11.8. The second kappa shape index (κ2) is 11.8. The van der Waals surface area contributed by atoms with Gasteiger partial charge in [0.05, 0.1) is 25.1 Å². The van der Waals surface area contributed by atoms with Gasteiger partial charge in [0.25, 0.3) is 0 Å². The van der Waals surface area contributed by atoms with Crippen molar-refractivity contribution in [2.45, 2.75) is 70.6 Å². The van der Waals surface area contributed by atoms with Crippen LogP contribution < -0.4 is 5.11 Å². The Bertz CT molecular complexity index is 560. The van der Waals surface area contributed by atoms with Crippen molar-refractivity contribution in [2.75, 3.05) is 0 Å². The van der Waals surface area contributed by atoms with E-state index in [2.05, 4.69) is 6.92 Å². The zero-order valence-electron chi connectivity index (χ0n) is 14.1. The Morgan fingerprint density at radius 1 is 0.760 bits per heavy atom. The van der Waals surface area contributed by atoms with E-state index in [4.69, 9.17) is 58.0 Å². The number of carboxylic acids is 1. The van der Waals surface area contributed by atoms with Crippen LogP contribution in [0.1, 0.15) is 76.2 Å². The molecule has 1 aromatic rings. The summed E-state index contributed by atoms with van der Waals surface area (Å²) in [5.41, 5.74) is 0.186. The van der Waals surface area contributed by atoms with E-state index in [9.17, 15) is 9.90 Å². The Hall–Kier alpha value is 0.140. The summed E-state index contributed by atoms with van der Waals surface area (Å²) in [6.07, 6.45) is 9.25. The zero-order valence-corrected chi connectivity index (χ0v) is 17.9. The Kier molecular flexibility index (Phi) is 10.9. The van der Waals surface area contributed by atoms with Crippen molar-refractivity contribution in [1.82, 2.24) is 0 Å². The van der Waals surface area contributed by atoms with Crippen molar-refractivity contribution >= 4 is 64.0 Å². The number of unbranched alkanes of at least 4 members (excludes halogenated alkanes) is 7. The molecule has 25 heavy (non-hydrogen) atoms. The Morgan fingerprint density at radius 2 is 1.16 bits per heavy atom. The highest BCUT2D eigenvalue weighted by Gasteiger charge is 2.25. The van der Waals surface area contributed by atoms with E-state index in [0.29, 0.717) is 6.42 Å². The number of hydrogen-bond donors (Lipinski definition) is 0. The number of aliphatic carboxylic acids is 1. The van der Waals surface area contributed by atoms with E-state index in [1.54, 1.807) is 0 Å². The molecule has 2 nitrogen and oxygen atoms in total. The third-order valence-corrected chi connectivity index (χ3v) is 6.53. The van der Waals surface area contributed by atoms with Gasteiger partial charge in [-0.05, 0) is 6.42 Å². The molecule has 0 heterocycles. The highest BCUT2D eigenvalue weighted by atomic mass is 35.5. The van der Waals surface area contributed by atoms with Gasteiger partial charge in [-0.2, -0.15) is 0 Å². The average molecular weight is 448 g/mol. The van der Waals surface area contributed by atoms with Gasteiger partial charge in [-0.15, -0.1) is 0 Å². The van der Waals surface area contributed by atoms with Gasteiger partial charge in [0.1, 0.15) is 0 Å². The summed E-state index contributed by atoms with van der Waals surface area (Å²) in [5, 5.41) is 11.7. The van der Waals surface area contributed by atoms with Crippen LogP contribution in [0.4, 0.5) is 0 Å². The fourth-order valence-corrected chi connectivity index (χ4v) is 4.21. The second-order valence-electron chi connectivity index (χ2n) is 6.12. The Morgan fingerprint density at radius 3 is 1.60 bits per heavy atom.